The van der Waals surface area contributed by atoms with E-state index < -0.39 is 0 Å². The molecule has 0 saturated heterocycles. The Morgan fingerprint density at radius 3 is 2.11 bits per heavy atom. The van der Waals surface area contributed by atoms with Gasteiger partial charge in [0.15, 0.2) is 0 Å². The van der Waals surface area contributed by atoms with Gasteiger partial charge in [0.2, 0.25) is 0 Å². The van der Waals surface area contributed by atoms with Crippen LogP contribution in [0.2, 0.25) is 0 Å². The van der Waals surface area contributed by atoms with E-state index in [9.17, 15) is 0 Å². The molecule has 11 rings (SSSR count). The number of benzene rings is 9. The first-order valence-corrected chi connectivity index (χ1v) is 19.0. The highest BCUT2D eigenvalue weighted by Gasteiger charge is 2.27. The Morgan fingerprint density at radius 2 is 1.22 bits per heavy atom. The zero-order chi connectivity index (χ0) is 36.6. The molecule has 0 spiro atoms. The van der Waals surface area contributed by atoms with Crippen LogP contribution >= 0.6 is 0 Å². The van der Waals surface area contributed by atoms with Gasteiger partial charge in [0, 0.05) is 33.2 Å². The van der Waals surface area contributed by atoms with E-state index in [1.54, 1.807) is 0 Å². The number of nitrogens with zero attached hydrogens (tertiary/aromatic N) is 2. The lowest BCUT2D eigenvalue weighted by Crippen LogP contribution is -2.11. The van der Waals surface area contributed by atoms with Gasteiger partial charge in [-0.1, -0.05) is 146 Å². The fraction of sp³-hybridized carbons (Fsp3) is 0.0189. The molecule has 0 unspecified atom stereocenters. The van der Waals surface area contributed by atoms with Crippen LogP contribution in [-0.2, 0) is 0 Å². The summed E-state index contributed by atoms with van der Waals surface area (Å²) >= 11 is 0. The molecule has 1 aromatic heterocycles. The second kappa shape index (κ2) is 12.2. The van der Waals surface area contributed by atoms with Crippen LogP contribution in [0, 0.1) is 6.92 Å². The Bertz CT molecular complexity index is 3240. The topological polar surface area (TPSA) is 8.17 Å². The number of anilines is 3. The van der Waals surface area contributed by atoms with E-state index in [-0.39, 0.29) is 0 Å². The molecule has 10 aromatic rings. The lowest BCUT2D eigenvalue weighted by molar-refractivity contribution is 1.18. The molecule has 0 aliphatic heterocycles. The summed E-state index contributed by atoms with van der Waals surface area (Å²) in [6.07, 6.45) is 6.14. The molecule has 0 bridgehead atoms. The number of hydrogen-bond acceptors (Lipinski definition) is 1. The summed E-state index contributed by atoms with van der Waals surface area (Å²) in [6, 6.07) is 62.6. The molecule has 1 aliphatic carbocycles. The Hall–Kier alpha value is -7.16. The number of hydrogen-bond donors (Lipinski definition) is 0. The maximum Gasteiger partial charge on any atom is 0.0561 e. The van der Waals surface area contributed by atoms with E-state index in [0.29, 0.717) is 0 Å². The van der Waals surface area contributed by atoms with Crippen LogP contribution in [0.1, 0.15) is 11.1 Å². The highest BCUT2D eigenvalue weighted by atomic mass is 15.1. The van der Waals surface area contributed by atoms with Gasteiger partial charge in [-0.05, 0) is 116 Å². The molecule has 0 radical (unpaired) electrons. The lowest BCUT2D eigenvalue weighted by atomic mass is 9.93. The monoisotopic (exact) mass is 700 g/mol. The summed E-state index contributed by atoms with van der Waals surface area (Å²) < 4.78 is 2.43. The average molecular weight is 701 g/mol. The molecule has 0 N–H and O–H groups in total. The lowest BCUT2D eigenvalue weighted by Gasteiger charge is -2.28. The van der Waals surface area contributed by atoms with Crippen LogP contribution in [0.5, 0.6) is 0 Å². The van der Waals surface area contributed by atoms with Crippen molar-refractivity contribution in [3.05, 3.63) is 200 Å². The first-order chi connectivity index (χ1) is 27.2. The van der Waals surface area contributed by atoms with Crippen molar-refractivity contribution >= 4 is 77.3 Å². The predicted molar refractivity (Wildman–Crippen MR) is 236 cm³/mol. The van der Waals surface area contributed by atoms with Crippen molar-refractivity contribution in [3.8, 4) is 27.9 Å². The number of aryl methyl sites for hydroxylation is 1. The Labute approximate surface area is 320 Å². The van der Waals surface area contributed by atoms with Gasteiger partial charge in [0.05, 0.1) is 16.7 Å². The number of aromatic nitrogens is 1. The van der Waals surface area contributed by atoms with Gasteiger partial charge in [-0.25, -0.2) is 0 Å². The second-order valence-electron chi connectivity index (χ2n) is 14.6. The van der Waals surface area contributed by atoms with Gasteiger partial charge >= 0.3 is 0 Å². The van der Waals surface area contributed by atoms with Gasteiger partial charge in [-0.2, -0.15) is 0 Å². The summed E-state index contributed by atoms with van der Waals surface area (Å²) in [5.74, 6) is 0. The van der Waals surface area contributed by atoms with Gasteiger partial charge in [-0.3, -0.25) is 0 Å². The van der Waals surface area contributed by atoms with Crippen LogP contribution in [0.4, 0.5) is 17.1 Å². The molecule has 1 heterocycles. The second-order valence-corrected chi connectivity index (χ2v) is 14.6. The molecular weight excluding hydrogens is 665 g/mol. The molecule has 2 heteroatoms. The minimum Gasteiger partial charge on any atom is -0.310 e. The van der Waals surface area contributed by atoms with Gasteiger partial charge in [0.25, 0.3) is 0 Å². The van der Waals surface area contributed by atoms with Crippen molar-refractivity contribution in [1.29, 1.82) is 0 Å². The smallest absolute Gasteiger partial charge is 0.0561 e. The van der Waals surface area contributed by atoms with E-state index in [2.05, 4.69) is 205 Å². The van der Waals surface area contributed by atoms with Crippen molar-refractivity contribution in [1.82, 2.24) is 4.57 Å². The maximum atomic E-state index is 3.99. The molecule has 0 fully saturated rings. The maximum absolute atomic E-state index is 3.99. The summed E-state index contributed by atoms with van der Waals surface area (Å²) in [5.41, 5.74) is 14.5. The third kappa shape index (κ3) is 4.75. The predicted octanol–water partition coefficient (Wildman–Crippen LogP) is 14.9. The summed E-state index contributed by atoms with van der Waals surface area (Å²) in [7, 11) is 0. The molecule has 0 amide bonds. The van der Waals surface area contributed by atoms with Crippen molar-refractivity contribution in [2.45, 2.75) is 6.92 Å². The van der Waals surface area contributed by atoms with Crippen molar-refractivity contribution in [2.75, 3.05) is 4.90 Å². The fourth-order valence-electron chi connectivity index (χ4n) is 9.13. The summed E-state index contributed by atoms with van der Waals surface area (Å²) in [5, 5.41) is 9.95. The molecule has 0 atom stereocenters. The SMILES string of the molecule is C=C/C=C\c1c(C)cc2cccc3c2c1-c1cc(N(c2ccc4c5ccccc5n(-c5ccc6ccccc6c5)c4c2)c2cccc4ccccc24)ccc1-3. The molecule has 258 valence electrons. The van der Waals surface area contributed by atoms with Crippen molar-refractivity contribution < 1.29 is 0 Å². The van der Waals surface area contributed by atoms with Crippen molar-refractivity contribution in [3.63, 3.8) is 0 Å². The molecule has 2 nitrogen and oxygen atoms in total. The first kappa shape index (κ1) is 31.4. The van der Waals surface area contributed by atoms with E-state index in [4.69, 9.17) is 0 Å². The molecule has 55 heavy (non-hydrogen) atoms. The van der Waals surface area contributed by atoms with E-state index in [1.807, 2.05) is 6.08 Å². The van der Waals surface area contributed by atoms with Crippen LogP contribution < -0.4 is 4.90 Å². The Morgan fingerprint density at radius 1 is 0.509 bits per heavy atom. The van der Waals surface area contributed by atoms with Crippen LogP contribution in [0.25, 0.3) is 88.1 Å². The largest absolute Gasteiger partial charge is 0.310 e. The van der Waals surface area contributed by atoms with E-state index in [1.165, 1.54) is 87.5 Å². The first-order valence-electron chi connectivity index (χ1n) is 19.0. The summed E-state index contributed by atoms with van der Waals surface area (Å²) in [4.78, 5) is 2.46. The van der Waals surface area contributed by atoms with Crippen LogP contribution in [-0.4, -0.2) is 4.57 Å². The molecule has 9 aromatic carbocycles. The van der Waals surface area contributed by atoms with E-state index >= 15 is 0 Å². The zero-order valence-electron chi connectivity index (χ0n) is 30.5. The Balaban J connectivity index is 1.19. The van der Waals surface area contributed by atoms with Crippen LogP contribution in [0.3, 0.4) is 0 Å². The summed E-state index contributed by atoms with van der Waals surface area (Å²) in [6.45, 7) is 6.21. The number of allylic oxidation sites excluding steroid dienone is 2. The molecular formula is C53H36N2. The van der Waals surface area contributed by atoms with Crippen molar-refractivity contribution in [2.24, 2.45) is 0 Å². The highest BCUT2D eigenvalue weighted by molar-refractivity contribution is 6.18. The van der Waals surface area contributed by atoms with Gasteiger partial charge in [-0.15, -0.1) is 0 Å². The van der Waals surface area contributed by atoms with Crippen LogP contribution in [0.15, 0.2) is 189 Å². The highest BCUT2D eigenvalue weighted by Crippen LogP contribution is 2.52. The number of para-hydroxylation sites is 1. The normalized spacial score (nSPS) is 12.1. The number of rotatable bonds is 6. The molecule has 0 saturated carbocycles. The minimum atomic E-state index is 1.10. The average Bonchev–Trinajstić information content (AvgIpc) is 3.74. The third-order valence-electron chi connectivity index (χ3n) is 11.5. The quantitative estimate of drug-likeness (QED) is 0.157. The molecule has 1 aliphatic rings. The van der Waals surface area contributed by atoms with Gasteiger partial charge < -0.3 is 9.47 Å². The number of fused-ring (bicyclic) bond motifs is 8. The Kier molecular flexibility index (Phi) is 6.96. The third-order valence-corrected chi connectivity index (χ3v) is 11.5. The zero-order valence-corrected chi connectivity index (χ0v) is 30.5. The van der Waals surface area contributed by atoms with Gasteiger partial charge in [0.1, 0.15) is 0 Å². The fourth-order valence-corrected chi connectivity index (χ4v) is 9.13. The van der Waals surface area contributed by atoms with E-state index in [0.717, 1.165) is 22.7 Å². The minimum absolute atomic E-state index is 1.10. The standard InChI is InChI=1S/C53H36N2/c1-3-4-18-42-34(2)30-38-17-11-21-47-44-28-26-40(32-48(44)53(42)52(38)47)54(49-23-12-16-36-14-7-8-19-43(36)49)41-27-29-46-45-20-9-10-22-50(45)55(51(46)33-41)39-25-24-35-13-5-6-15-37(35)31-39/h3-33H,1H2,2H3/b18-4-.